The molecule has 102 valence electrons. The number of hydrogen-bond acceptors (Lipinski definition) is 3. The average Bonchev–Trinajstić information content (AvgIpc) is 2.32. The Morgan fingerprint density at radius 3 is 2.84 bits per heavy atom. The first-order valence-electron chi connectivity index (χ1n) is 5.90. The number of hydrogen-bond donors (Lipinski definition) is 2. The normalized spacial score (nSPS) is 9.74. The van der Waals surface area contributed by atoms with E-state index in [2.05, 4.69) is 17.2 Å². The number of ether oxygens (including phenoxy) is 1. The zero-order chi connectivity index (χ0) is 14.3. The lowest BCUT2D eigenvalue weighted by molar-refractivity contribution is 0.130. The third kappa shape index (κ3) is 5.40. The van der Waals surface area contributed by atoms with E-state index in [-0.39, 0.29) is 18.4 Å². The number of benzene rings is 1. The van der Waals surface area contributed by atoms with Crippen LogP contribution in [-0.4, -0.2) is 23.9 Å². The van der Waals surface area contributed by atoms with Crippen LogP contribution in [0.25, 0.3) is 0 Å². The molecule has 0 fully saturated rings. The van der Waals surface area contributed by atoms with E-state index < -0.39 is 11.9 Å². The van der Waals surface area contributed by atoms with E-state index in [0.29, 0.717) is 12.0 Å². The largest absolute Gasteiger partial charge is 0.447 e. The van der Waals surface area contributed by atoms with Crippen molar-refractivity contribution in [2.75, 3.05) is 11.9 Å². The van der Waals surface area contributed by atoms with Crippen molar-refractivity contribution < 1.29 is 19.0 Å². The summed E-state index contributed by atoms with van der Waals surface area (Å²) in [6, 6.07) is 4.22. The van der Waals surface area contributed by atoms with E-state index in [1.165, 1.54) is 12.1 Å². The standard InChI is InChI=1S/C14H16FNO3/c1-10(2)19-14(18)16-13-7-6-11(9-12(13)15)5-3-4-8-17/h6-7,9-10,17H,4,8H2,1-2H3,(H,16,18). The molecule has 0 aromatic heterocycles. The molecular formula is C14H16FNO3. The highest BCUT2D eigenvalue weighted by molar-refractivity contribution is 5.84. The van der Waals surface area contributed by atoms with Gasteiger partial charge in [0.1, 0.15) is 5.82 Å². The minimum Gasteiger partial charge on any atom is -0.447 e. The number of aliphatic hydroxyl groups excluding tert-OH is 1. The molecule has 1 aromatic rings. The van der Waals surface area contributed by atoms with Crippen molar-refractivity contribution in [2.45, 2.75) is 26.4 Å². The molecule has 0 saturated heterocycles. The second-order valence-corrected chi connectivity index (χ2v) is 4.05. The fourth-order valence-corrected chi connectivity index (χ4v) is 1.27. The highest BCUT2D eigenvalue weighted by Gasteiger charge is 2.09. The zero-order valence-electron chi connectivity index (χ0n) is 10.9. The smallest absolute Gasteiger partial charge is 0.411 e. The van der Waals surface area contributed by atoms with Gasteiger partial charge in [0, 0.05) is 12.0 Å². The number of anilines is 1. The molecule has 1 amide bonds. The van der Waals surface area contributed by atoms with Gasteiger partial charge in [-0.1, -0.05) is 11.8 Å². The molecule has 19 heavy (non-hydrogen) atoms. The Morgan fingerprint density at radius 2 is 2.26 bits per heavy atom. The molecule has 0 radical (unpaired) electrons. The Morgan fingerprint density at radius 1 is 1.53 bits per heavy atom. The summed E-state index contributed by atoms with van der Waals surface area (Å²) in [5.41, 5.74) is 0.520. The molecule has 0 unspecified atom stereocenters. The van der Waals surface area contributed by atoms with E-state index in [1.807, 2.05) is 0 Å². The maximum Gasteiger partial charge on any atom is 0.411 e. The number of halogens is 1. The summed E-state index contributed by atoms with van der Waals surface area (Å²) in [6.45, 7) is 3.38. The van der Waals surface area contributed by atoms with Crippen LogP contribution in [0, 0.1) is 17.7 Å². The summed E-state index contributed by atoms with van der Waals surface area (Å²) in [5.74, 6) is 4.80. The summed E-state index contributed by atoms with van der Waals surface area (Å²) in [7, 11) is 0. The molecule has 0 heterocycles. The lowest BCUT2D eigenvalue weighted by Gasteiger charge is -2.10. The summed E-state index contributed by atoms with van der Waals surface area (Å²) >= 11 is 0. The van der Waals surface area contributed by atoms with E-state index in [4.69, 9.17) is 9.84 Å². The maximum absolute atomic E-state index is 13.7. The van der Waals surface area contributed by atoms with E-state index in [0.717, 1.165) is 0 Å². The van der Waals surface area contributed by atoms with Gasteiger partial charge in [-0.2, -0.15) is 0 Å². The Labute approximate surface area is 111 Å². The molecule has 0 atom stereocenters. The van der Waals surface area contributed by atoms with Gasteiger partial charge in [-0.25, -0.2) is 9.18 Å². The quantitative estimate of drug-likeness (QED) is 0.826. The minimum absolute atomic E-state index is 0.0316. The van der Waals surface area contributed by atoms with Crippen molar-refractivity contribution in [3.63, 3.8) is 0 Å². The van der Waals surface area contributed by atoms with Crippen molar-refractivity contribution in [3.05, 3.63) is 29.6 Å². The SMILES string of the molecule is CC(C)OC(=O)Nc1ccc(C#CCCO)cc1F. The van der Waals surface area contributed by atoms with E-state index in [1.54, 1.807) is 19.9 Å². The van der Waals surface area contributed by atoms with Gasteiger partial charge in [-0.3, -0.25) is 5.32 Å². The summed E-state index contributed by atoms with van der Waals surface area (Å²) < 4.78 is 18.5. The highest BCUT2D eigenvalue weighted by Crippen LogP contribution is 2.15. The van der Waals surface area contributed by atoms with Crippen LogP contribution < -0.4 is 5.32 Å². The first-order valence-corrected chi connectivity index (χ1v) is 5.90. The molecule has 0 saturated carbocycles. The molecular weight excluding hydrogens is 249 g/mol. The lowest BCUT2D eigenvalue weighted by atomic mass is 10.2. The van der Waals surface area contributed by atoms with Gasteiger partial charge in [-0.05, 0) is 32.0 Å². The Hall–Kier alpha value is -2.06. The van der Waals surface area contributed by atoms with Crippen molar-refractivity contribution in [3.8, 4) is 11.8 Å². The van der Waals surface area contributed by atoms with E-state index in [9.17, 15) is 9.18 Å². The van der Waals surface area contributed by atoms with Crippen molar-refractivity contribution in [1.29, 1.82) is 0 Å². The zero-order valence-corrected chi connectivity index (χ0v) is 10.9. The third-order valence-electron chi connectivity index (χ3n) is 2.02. The predicted octanol–water partition coefficient (Wildman–Crippen LogP) is 2.52. The first-order chi connectivity index (χ1) is 9.02. The van der Waals surface area contributed by atoms with Crippen LogP contribution in [0.5, 0.6) is 0 Å². The average molecular weight is 265 g/mol. The van der Waals surface area contributed by atoms with Crippen LogP contribution in [0.1, 0.15) is 25.8 Å². The number of carbonyl (C=O) groups is 1. The monoisotopic (exact) mass is 265 g/mol. The Bertz CT molecular complexity index is 503. The minimum atomic E-state index is -0.701. The van der Waals surface area contributed by atoms with Crippen LogP contribution in [0.3, 0.4) is 0 Å². The summed E-state index contributed by atoms with van der Waals surface area (Å²) in [5, 5.41) is 10.9. The van der Waals surface area contributed by atoms with Crippen LogP contribution in [-0.2, 0) is 4.74 Å². The van der Waals surface area contributed by atoms with Gasteiger partial charge in [-0.15, -0.1) is 0 Å². The van der Waals surface area contributed by atoms with E-state index >= 15 is 0 Å². The van der Waals surface area contributed by atoms with Gasteiger partial charge in [0.15, 0.2) is 0 Å². The lowest BCUT2D eigenvalue weighted by Crippen LogP contribution is -2.18. The van der Waals surface area contributed by atoms with Gasteiger partial charge < -0.3 is 9.84 Å². The fourth-order valence-electron chi connectivity index (χ4n) is 1.27. The van der Waals surface area contributed by atoms with Crippen LogP contribution in [0.15, 0.2) is 18.2 Å². The van der Waals surface area contributed by atoms with Gasteiger partial charge in [0.2, 0.25) is 0 Å². The van der Waals surface area contributed by atoms with Crippen molar-refractivity contribution >= 4 is 11.8 Å². The fraction of sp³-hybridized carbons (Fsp3) is 0.357. The molecule has 0 aliphatic heterocycles. The third-order valence-corrected chi connectivity index (χ3v) is 2.02. The first kappa shape index (κ1) is 15.0. The van der Waals surface area contributed by atoms with Crippen LogP contribution >= 0.6 is 0 Å². The molecule has 0 aliphatic carbocycles. The Kier molecular flexibility index (Phi) is 5.83. The molecule has 0 bridgehead atoms. The number of nitrogens with one attached hydrogen (secondary N) is 1. The topological polar surface area (TPSA) is 58.6 Å². The number of amides is 1. The maximum atomic E-state index is 13.7. The predicted molar refractivity (Wildman–Crippen MR) is 70.2 cm³/mol. The molecule has 1 rings (SSSR count). The molecule has 5 heteroatoms. The molecule has 0 spiro atoms. The highest BCUT2D eigenvalue weighted by atomic mass is 19.1. The van der Waals surface area contributed by atoms with Crippen molar-refractivity contribution in [1.82, 2.24) is 0 Å². The number of carbonyl (C=O) groups excluding carboxylic acids is 1. The second kappa shape index (κ2) is 7.39. The van der Waals surface area contributed by atoms with Crippen LogP contribution in [0.2, 0.25) is 0 Å². The molecule has 2 N–H and O–H groups in total. The second-order valence-electron chi connectivity index (χ2n) is 4.05. The van der Waals surface area contributed by atoms with Crippen LogP contribution in [0.4, 0.5) is 14.9 Å². The Balaban J connectivity index is 2.73. The van der Waals surface area contributed by atoms with Crippen molar-refractivity contribution in [2.24, 2.45) is 0 Å². The summed E-state index contributed by atoms with van der Waals surface area (Å²) in [4.78, 5) is 11.3. The number of aliphatic hydroxyl groups is 1. The van der Waals surface area contributed by atoms with Gasteiger partial charge in [0.05, 0.1) is 18.4 Å². The van der Waals surface area contributed by atoms with Gasteiger partial charge >= 0.3 is 6.09 Å². The molecule has 4 nitrogen and oxygen atoms in total. The summed E-state index contributed by atoms with van der Waals surface area (Å²) in [6.07, 6.45) is -0.637. The van der Waals surface area contributed by atoms with Gasteiger partial charge in [0.25, 0.3) is 0 Å². The molecule has 1 aromatic carbocycles. The molecule has 0 aliphatic rings. The number of rotatable bonds is 3.